The number of halogens is 1. The molecule has 5 rings (SSSR count). The molecule has 8 heteroatoms. The summed E-state index contributed by atoms with van der Waals surface area (Å²) in [5.41, 5.74) is 4.36. The number of H-pyrrole nitrogens is 1. The first kappa shape index (κ1) is 23.9. The molecule has 0 unspecified atom stereocenters. The number of pyridine rings is 1. The normalized spacial score (nSPS) is 19.6. The first-order valence-corrected chi connectivity index (χ1v) is 12.1. The van der Waals surface area contributed by atoms with Crippen LogP contribution in [0.25, 0.3) is 11.1 Å². The summed E-state index contributed by atoms with van der Waals surface area (Å²) in [4.78, 5) is 20.3. The molecule has 1 fully saturated rings. The lowest BCUT2D eigenvalue weighted by molar-refractivity contribution is 0.0969. The van der Waals surface area contributed by atoms with E-state index in [2.05, 4.69) is 39.0 Å². The molecule has 3 aromatic rings. The average Bonchev–Trinajstić information content (AvgIpc) is 3.30. The van der Waals surface area contributed by atoms with Gasteiger partial charge in [0.05, 0.1) is 17.8 Å². The third-order valence-electron chi connectivity index (χ3n) is 7.26. The molecule has 0 radical (unpaired) electrons. The molecule has 2 aromatic heterocycles. The Balaban J connectivity index is 1.79. The van der Waals surface area contributed by atoms with Crippen molar-refractivity contribution in [2.75, 3.05) is 29.9 Å². The maximum atomic E-state index is 15.8. The van der Waals surface area contributed by atoms with Crippen LogP contribution in [0.4, 0.5) is 16.0 Å². The van der Waals surface area contributed by atoms with E-state index in [-0.39, 0.29) is 24.3 Å². The van der Waals surface area contributed by atoms with Gasteiger partial charge in [0.2, 0.25) is 0 Å². The maximum Gasteiger partial charge on any atom is 0.261 e. The van der Waals surface area contributed by atoms with E-state index < -0.39 is 5.41 Å². The van der Waals surface area contributed by atoms with E-state index in [1.54, 1.807) is 36.4 Å². The zero-order valence-electron chi connectivity index (χ0n) is 21.1. The van der Waals surface area contributed by atoms with E-state index in [0.29, 0.717) is 28.3 Å². The SMILES string of the molecule is C=C(C)c1cn[nH]c1N1C[C@](C)(c2cccc(C)c2F)c2c(cnc(NC3CNC3)c2C(=C)C)C1=O. The molecular formula is C28H31FN6O. The molecule has 3 N–H and O–H groups in total. The fourth-order valence-electron chi connectivity index (χ4n) is 5.24. The van der Waals surface area contributed by atoms with Gasteiger partial charge in [-0.05, 0) is 50.0 Å². The van der Waals surface area contributed by atoms with Crippen LogP contribution >= 0.6 is 0 Å². The molecule has 0 bridgehead atoms. The van der Waals surface area contributed by atoms with Gasteiger partial charge in [0.15, 0.2) is 0 Å². The van der Waals surface area contributed by atoms with Crippen LogP contribution < -0.4 is 15.5 Å². The Labute approximate surface area is 210 Å². The topological polar surface area (TPSA) is 85.9 Å². The minimum absolute atomic E-state index is 0.205. The smallest absolute Gasteiger partial charge is 0.261 e. The Bertz CT molecular complexity index is 1410. The highest BCUT2D eigenvalue weighted by Crippen LogP contribution is 2.47. The van der Waals surface area contributed by atoms with Gasteiger partial charge in [-0.15, -0.1) is 0 Å². The molecule has 1 atom stereocenters. The monoisotopic (exact) mass is 486 g/mol. The van der Waals surface area contributed by atoms with Gasteiger partial charge < -0.3 is 10.6 Å². The Morgan fingerprint density at radius 3 is 2.61 bits per heavy atom. The Morgan fingerprint density at radius 1 is 1.22 bits per heavy atom. The summed E-state index contributed by atoms with van der Waals surface area (Å²) >= 11 is 0. The van der Waals surface area contributed by atoms with Crippen LogP contribution in [0.5, 0.6) is 0 Å². The van der Waals surface area contributed by atoms with Crippen molar-refractivity contribution >= 4 is 28.7 Å². The molecule has 2 aliphatic rings. The van der Waals surface area contributed by atoms with E-state index >= 15 is 4.39 Å². The zero-order chi connectivity index (χ0) is 25.8. The first-order chi connectivity index (χ1) is 17.1. The number of aryl methyl sites for hydroxylation is 1. The maximum absolute atomic E-state index is 15.8. The molecule has 1 amide bonds. The number of nitrogens with one attached hydrogen (secondary N) is 3. The molecule has 0 saturated carbocycles. The molecule has 4 heterocycles. The minimum Gasteiger partial charge on any atom is -0.364 e. The predicted octanol–water partition coefficient (Wildman–Crippen LogP) is 4.67. The van der Waals surface area contributed by atoms with Gasteiger partial charge in [0.1, 0.15) is 17.5 Å². The number of carbonyl (C=O) groups excluding carboxylic acids is 1. The molecule has 36 heavy (non-hydrogen) atoms. The van der Waals surface area contributed by atoms with Crippen molar-refractivity contribution in [1.29, 1.82) is 0 Å². The summed E-state index contributed by atoms with van der Waals surface area (Å²) in [6.07, 6.45) is 3.26. The van der Waals surface area contributed by atoms with Crippen LogP contribution in [0.3, 0.4) is 0 Å². The fourth-order valence-corrected chi connectivity index (χ4v) is 5.24. The summed E-state index contributed by atoms with van der Waals surface area (Å²) < 4.78 is 15.8. The number of benzene rings is 1. The van der Waals surface area contributed by atoms with Gasteiger partial charge >= 0.3 is 0 Å². The summed E-state index contributed by atoms with van der Waals surface area (Å²) in [5.74, 6) is 0.691. The predicted molar refractivity (Wildman–Crippen MR) is 142 cm³/mol. The van der Waals surface area contributed by atoms with Crippen molar-refractivity contribution in [3.63, 3.8) is 0 Å². The van der Waals surface area contributed by atoms with E-state index in [4.69, 9.17) is 0 Å². The summed E-state index contributed by atoms with van der Waals surface area (Å²) in [6.45, 7) is 17.6. The molecule has 186 valence electrons. The molecule has 0 aliphatic carbocycles. The van der Waals surface area contributed by atoms with Crippen molar-refractivity contribution in [2.45, 2.75) is 39.2 Å². The van der Waals surface area contributed by atoms with Gasteiger partial charge in [-0.3, -0.25) is 14.8 Å². The van der Waals surface area contributed by atoms with Crippen molar-refractivity contribution in [3.8, 4) is 0 Å². The number of fused-ring (bicyclic) bond motifs is 1. The number of rotatable bonds is 6. The number of allylic oxidation sites excluding steroid dienone is 2. The number of carbonyl (C=O) groups is 1. The molecule has 7 nitrogen and oxygen atoms in total. The van der Waals surface area contributed by atoms with Gasteiger partial charge in [-0.2, -0.15) is 5.10 Å². The van der Waals surface area contributed by atoms with Crippen LogP contribution in [-0.2, 0) is 5.41 Å². The number of anilines is 2. The molecule has 2 aliphatic heterocycles. The van der Waals surface area contributed by atoms with Crippen molar-refractivity contribution < 1.29 is 9.18 Å². The molecular weight excluding hydrogens is 455 g/mol. The number of amides is 1. The third-order valence-corrected chi connectivity index (χ3v) is 7.26. The molecule has 1 saturated heterocycles. The number of nitrogens with zero attached hydrogens (tertiary/aromatic N) is 3. The lowest BCUT2D eigenvalue weighted by Crippen LogP contribution is -2.52. The van der Waals surface area contributed by atoms with E-state index in [1.807, 2.05) is 26.8 Å². The second-order valence-corrected chi connectivity index (χ2v) is 10.1. The summed E-state index contributed by atoms with van der Waals surface area (Å²) in [5, 5.41) is 13.9. The van der Waals surface area contributed by atoms with E-state index in [9.17, 15) is 4.79 Å². The Kier molecular flexibility index (Phi) is 5.79. The lowest BCUT2D eigenvalue weighted by Gasteiger charge is -2.43. The van der Waals surface area contributed by atoms with Gasteiger partial charge in [-0.25, -0.2) is 9.37 Å². The third kappa shape index (κ3) is 3.64. The van der Waals surface area contributed by atoms with Gasteiger partial charge in [0.25, 0.3) is 5.91 Å². The Morgan fingerprint density at radius 2 is 1.97 bits per heavy atom. The van der Waals surface area contributed by atoms with E-state index in [1.165, 1.54) is 0 Å². The largest absolute Gasteiger partial charge is 0.364 e. The van der Waals surface area contributed by atoms with Gasteiger partial charge in [0, 0.05) is 47.9 Å². The summed E-state index contributed by atoms with van der Waals surface area (Å²) in [7, 11) is 0. The minimum atomic E-state index is -0.900. The average molecular weight is 487 g/mol. The van der Waals surface area contributed by atoms with Crippen molar-refractivity contribution in [3.05, 3.63) is 82.9 Å². The highest BCUT2D eigenvalue weighted by atomic mass is 19.1. The standard InChI is InChI=1S/C28H31FN6O/c1-15(2)19-13-32-34-26(19)35-14-28(6,21-9-7-8-17(5)24(21)29)23-20(27(35)36)12-31-25(22(23)16(3)4)33-18-10-30-11-18/h7-9,12-13,18,30H,1,3,10-11,14H2,2,4-6H3,(H,31,33)(H,32,34)/t28-/m1/s1. The second kappa shape index (κ2) is 8.71. The summed E-state index contributed by atoms with van der Waals surface area (Å²) in [6, 6.07) is 5.65. The number of hydrogen-bond donors (Lipinski definition) is 3. The van der Waals surface area contributed by atoms with Crippen molar-refractivity contribution in [1.82, 2.24) is 20.5 Å². The zero-order valence-corrected chi connectivity index (χ0v) is 21.1. The van der Waals surface area contributed by atoms with Crippen LogP contribution in [0.2, 0.25) is 0 Å². The molecule has 0 spiro atoms. The van der Waals surface area contributed by atoms with E-state index in [0.717, 1.165) is 40.9 Å². The fraction of sp³-hybridized carbons (Fsp3) is 0.321. The number of aromatic amines is 1. The highest BCUT2D eigenvalue weighted by Gasteiger charge is 2.46. The first-order valence-electron chi connectivity index (χ1n) is 12.1. The molecule has 1 aromatic carbocycles. The number of hydrogen-bond acceptors (Lipinski definition) is 5. The lowest BCUT2D eigenvalue weighted by atomic mass is 9.68. The Hall–Kier alpha value is -3.78. The number of aromatic nitrogens is 3. The van der Waals surface area contributed by atoms with Crippen LogP contribution in [0.15, 0.2) is 43.8 Å². The highest BCUT2D eigenvalue weighted by molar-refractivity contribution is 6.10. The van der Waals surface area contributed by atoms with Crippen LogP contribution in [0, 0.1) is 12.7 Å². The van der Waals surface area contributed by atoms with Crippen LogP contribution in [0.1, 0.15) is 58.9 Å². The second-order valence-electron chi connectivity index (χ2n) is 10.1. The van der Waals surface area contributed by atoms with Crippen LogP contribution in [-0.4, -0.2) is 46.8 Å². The van der Waals surface area contributed by atoms with Crippen molar-refractivity contribution in [2.24, 2.45) is 0 Å². The van der Waals surface area contributed by atoms with Gasteiger partial charge in [-0.1, -0.05) is 31.4 Å². The quantitative estimate of drug-likeness (QED) is 0.472.